The Morgan fingerprint density at radius 3 is 2.83 bits per heavy atom. The summed E-state index contributed by atoms with van der Waals surface area (Å²) < 4.78 is 12.4. The lowest BCUT2D eigenvalue weighted by Gasteiger charge is -2.36. The van der Waals surface area contributed by atoms with Crippen LogP contribution in [0.1, 0.15) is 23.2 Å². The van der Waals surface area contributed by atoms with Crippen LogP contribution in [0, 0.1) is 0 Å². The quantitative estimate of drug-likeness (QED) is 0.798. The van der Waals surface area contributed by atoms with Crippen molar-refractivity contribution in [3.05, 3.63) is 28.2 Å². The van der Waals surface area contributed by atoms with Crippen LogP contribution >= 0.6 is 15.9 Å². The zero-order valence-electron chi connectivity index (χ0n) is 9.87. The average Bonchev–Trinajstić information content (AvgIpc) is 2.49. The molecule has 0 saturated carbocycles. The van der Waals surface area contributed by atoms with Gasteiger partial charge in [0.1, 0.15) is 11.4 Å². The van der Waals surface area contributed by atoms with Crippen molar-refractivity contribution in [2.24, 2.45) is 0 Å². The summed E-state index contributed by atoms with van der Waals surface area (Å²) in [6.07, 6.45) is 1.61. The van der Waals surface area contributed by atoms with Crippen molar-refractivity contribution in [3.63, 3.8) is 0 Å². The first-order valence-electron chi connectivity index (χ1n) is 6.03. The SMILES string of the molecule is O=C1NCC2(CCOCC2)Oc2cc(Br)ccc21. The Morgan fingerprint density at radius 1 is 1.28 bits per heavy atom. The summed E-state index contributed by atoms with van der Waals surface area (Å²) >= 11 is 3.41. The highest BCUT2D eigenvalue weighted by molar-refractivity contribution is 9.10. The fourth-order valence-electron chi connectivity index (χ4n) is 2.40. The largest absolute Gasteiger partial charge is 0.484 e. The standard InChI is InChI=1S/C13H14BrNO3/c14-9-1-2-10-11(7-9)18-13(8-15-12(10)16)3-5-17-6-4-13/h1-2,7H,3-6,8H2,(H,15,16). The molecular formula is C13H14BrNO3. The van der Waals surface area contributed by atoms with Crippen molar-refractivity contribution >= 4 is 21.8 Å². The molecular weight excluding hydrogens is 298 g/mol. The lowest BCUT2D eigenvalue weighted by atomic mass is 9.94. The number of hydrogen-bond acceptors (Lipinski definition) is 3. The molecule has 1 amide bonds. The molecule has 0 aromatic heterocycles. The fraction of sp³-hybridized carbons (Fsp3) is 0.462. The summed E-state index contributed by atoms with van der Waals surface area (Å²) in [5.74, 6) is 0.585. The lowest BCUT2D eigenvalue weighted by molar-refractivity contribution is -0.0417. The number of carbonyl (C=O) groups is 1. The fourth-order valence-corrected chi connectivity index (χ4v) is 2.74. The van der Waals surface area contributed by atoms with E-state index in [1.807, 2.05) is 12.1 Å². The van der Waals surface area contributed by atoms with Crippen LogP contribution in [0.15, 0.2) is 22.7 Å². The van der Waals surface area contributed by atoms with Gasteiger partial charge in [-0.05, 0) is 18.2 Å². The number of carbonyl (C=O) groups excluding carboxylic acids is 1. The number of ether oxygens (including phenoxy) is 2. The predicted molar refractivity (Wildman–Crippen MR) is 69.9 cm³/mol. The van der Waals surface area contributed by atoms with Crippen LogP contribution < -0.4 is 10.1 Å². The number of halogens is 1. The van der Waals surface area contributed by atoms with Gasteiger partial charge in [-0.15, -0.1) is 0 Å². The maximum absolute atomic E-state index is 12.0. The van der Waals surface area contributed by atoms with Gasteiger partial charge in [0, 0.05) is 17.3 Å². The van der Waals surface area contributed by atoms with Crippen molar-refractivity contribution in [1.82, 2.24) is 5.32 Å². The second kappa shape index (κ2) is 4.55. The van der Waals surface area contributed by atoms with Gasteiger partial charge in [-0.3, -0.25) is 4.79 Å². The highest BCUT2D eigenvalue weighted by atomic mass is 79.9. The van der Waals surface area contributed by atoms with Gasteiger partial charge in [0.2, 0.25) is 0 Å². The highest BCUT2D eigenvalue weighted by Crippen LogP contribution is 2.33. The van der Waals surface area contributed by atoms with E-state index in [1.54, 1.807) is 6.07 Å². The monoisotopic (exact) mass is 311 g/mol. The van der Waals surface area contributed by atoms with E-state index in [-0.39, 0.29) is 11.5 Å². The first-order chi connectivity index (χ1) is 8.69. The van der Waals surface area contributed by atoms with Gasteiger partial charge in [0.15, 0.2) is 0 Å². The minimum absolute atomic E-state index is 0.0686. The molecule has 5 heteroatoms. The zero-order chi connectivity index (χ0) is 12.6. The smallest absolute Gasteiger partial charge is 0.255 e. The molecule has 0 radical (unpaired) electrons. The van der Waals surface area contributed by atoms with E-state index in [0.717, 1.165) is 17.3 Å². The molecule has 1 aromatic carbocycles. The van der Waals surface area contributed by atoms with Crippen LogP contribution in [0.3, 0.4) is 0 Å². The summed E-state index contributed by atoms with van der Waals surface area (Å²) in [6.45, 7) is 1.90. The second-order valence-corrected chi connectivity index (χ2v) is 5.64. The number of fused-ring (bicyclic) bond motifs is 1. The van der Waals surface area contributed by atoms with E-state index in [0.29, 0.717) is 31.1 Å². The molecule has 3 rings (SSSR count). The summed E-state index contributed by atoms with van der Waals surface area (Å²) in [5.41, 5.74) is 0.279. The van der Waals surface area contributed by atoms with Crippen molar-refractivity contribution < 1.29 is 14.3 Å². The van der Waals surface area contributed by atoms with Crippen LogP contribution in [0.5, 0.6) is 5.75 Å². The minimum atomic E-state index is -0.319. The van der Waals surface area contributed by atoms with Gasteiger partial charge in [-0.25, -0.2) is 0 Å². The van der Waals surface area contributed by atoms with E-state index in [1.165, 1.54) is 0 Å². The Bertz CT molecular complexity index is 483. The van der Waals surface area contributed by atoms with Crippen LogP contribution in [-0.4, -0.2) is 31.3 Å². The zero-order valence-corrected chi connectivity index (χ0v) is 11.5. The molecule has 2 aliphatic heterocycles. The predicted octanol–water partition coefficient (Wildman–Crippen LogP) is 2.12. The van der Waals surface area contributed by atoms with Crippen molar-refractivity contribution in [1.29, 1.82) is 0 Å². The third-order valence-corrected chi connectivity index (χ3v) is 3.98. The normalized spacial score (nSPS) is 21.7. The van der Waals surface area contributed by atoms with Crippen molar-refractivity contribution in [3.8, 4) is 5.75 Å². The first-order valence-corrected chi connectivity index (χ1v) is 6.82. The van der Waals surface area contributed by atoms with Crippen LogP contribution in [0.2, 0.25) is 0 Å². The summed E-state index contributed by atoms with van der Waals surface area (Å²) in [4.78, 5) is 12.0. The highest BCUT2D eigenvalue weighted by Gasteiger charge is 2.38. The lowest BCUT2D eigenvalue weighted by Crippen LogP contribution is -2.49. The van der Waals surface area contributed by atoms with Gasteiger partial charge in [-0.1, -0.05) is 15.9 Å². The molecule has 1 fully saturated rings. The third-order valence-electron chi connectivity index (χ3n) is 3.49. The van der Waals surface area contributed by atoms with E-state index in [4.69, 9.17) is 9.47 Å². The Hall–Kier alpha value is -1.07. The molecule has 2 heterocycles. The topological polar surface area (TPSA) is 47.6 Å². The van der Waals surface area contributed by atoms with E-state index < -0.39 is 0 Å². The first kappa shape index (κ1) is 12.0. The number of benzene rings is 1. The third kappa shape index (κ3) is 2.12. The molecule has 0 unspecified atom stereocenters. The van der Waals surface area contributed by atoms with Gasteiger partial charge in [0.05, 0.1) is 25.3 Å². The number of nitrogens with one attached hydrogen (secondary N) is 1. The van der Waals surface area contributed by atoms with Crippen LogP contribution in [0.4, 0.5) is 0 Å². The van der Waals surface area contributed by atoms with Crippen molar-refractivity contribution in [2.45, 2.75) is 18.4 Å². The Balaban J connectivity index is 1.99. The van der Waals surface area contributed by atoms with Crippen molar-refractivity contribution in [2.75, 3.05) is 19.8 Å². The molecule has 1 spiro atoms. The summed E-state index contributed by atoms with van der Waals surface area (Å²) in [7, 11) is 0. The van der Waals surface area contributed by atoms with Gasteiger partial charge in [-0.2, -0.15) is 0 Å². The van der Waals surface area contributed by atoms with Gasteiger partial charge >= 0.3 is 0 Å². The molecule has 96 valence electrons. The second-order valence-electron chi connectivity index (χ2n) is 4.72. The van der Waals surface area contributed by atoms with E-state index in [2.05, 4.69) is 21.2 Å². The van der Waals surface area contributed by atoms with Crippen LogP contribution in [-0.2, 0) is 4.74 Å². The maximum atomic E-state index is 12.0. The molecule has 0 aliphatic carbocycles. The van der Waals surface area contributed by atoms with Gasteiger partial charge < -0.3 is 14.8 Å². The van der Waals surface area contributed by atoms with Gasteiger partial charge in [0.25, 0.3) is 5.91 Å². The molecule has 18 heavy (non-hydrogen) atoms. The number of rotatable bonds is 0. The number of amides is 1. The number of hydrogen-bond donors (Lipinski definition) is 1. The molecule has 0 atom stereocenters. The average molecular weight is 312 g/mol. The Kier molecular flexibility index (Phi) is 3.03. The minimum Gasteiger partial charge on any atom is -0.484 e. The van der Waals surface area contributed by atoms with Crippen LogP contribution in [0.25, 0.3) is 0 Å². The molecule has 0 bridgehead atoms. The Morgan fingerprint density at radius 2 is 2.06 bits per heavy atom. The molecule has 1 saturated heterocycles. The molecule has 2 aliphatic rings. The molecule has 1 aromatic rings. The molecule has 4 nitrogen and oxygen atoms in total. The Labute approximate surface area is 114 Å². The van der Waals surface area contributed by atoms with E-state index in [9.17, 15) is 4.79 Å². The summed E-state index contributed by atoms with van der Waals surface area (Å²) in [5, 5.41) is 2.95. The summed E-state index contributed by atoms with van der Waals surface area (Å²) in [6, 6.07) is 5.49. The molecule has 1 N–H and O–H groups in total. The van der Waals surface area contributed by atoms with E-state index >= 15 is 0 Å². The maximum Gasteiger partial charge on any atom is 0.255 e.